The molecule has 3 aliphatic rings. The molecule has 2 amide bonds. The van der Waals surface area contributed by atoms with Crippen molar-refractivity contribution in [2.75, 3.05) is 26.6 Å². The van der Waals surface area contributed by atoms with Crippen LogP contribution in [0, 0.1) is 0 Å². The highest BCUT2D eigenvalue weighted by molar-refractivity contribution is 5.74. The molecule has 0 aliphatic carbocycles. The van der Waals surface area contributed by atoms with Gasteiger partial charge in [0.1, 0.15) is 0 Å². The van der Waals surface area contributed by atoms with Crippen molar-refractivity contribution in [2.24, 2.45) is 0 Å². The lowest BCUT2D eigenvalue weighted by Crippen LogP contribution is -2.51. The Labute approximate surface area is 140 Å². The summed E-state index contributed by atoms with van der Waals surface area (Å²) in [4.78, 5) is 12.2. The van der Waals surface area contributed by atoms with Gasteiger partial charge in [-0.2, -0.15) is 0 Å². The van der Waals surface area contributed by atoms with E-state index >= 15 is 0 Å². The van der Waals surface area contributed by atoms with Crippen LogP contribution in [0.5, 0.6) is 11.5 Å². The predicted octanol–water partition coefficient (Wildman–Crippen LogP) is 1.55. The van der Waals surface area contributed by atoms with Crippen LogP contribution in [0.3, 0.4) is 0 Å². The van der Waals surface area contributed by atoms with Crippen molar-refractivity contribution in [1.29, 1.82) is 0 Å². The Morgan fingerprint density at radius 2 is 2.17 bits per heavy atom. The Bertz CT molecular complexity index is 615. The molecule has 0 aromatic heterocycles. The van der Waals surface area contributed by atoms with Crippen LogP contribution in [0.25, 0.3) is 0 Å². The monoisotopic (exact) mass is 334 g/mol. The average molecular weight is 334 g/mol. The SMILES string of the molecule is O=C(NCc1ccc2c(c1)OCO2)N[C@H]1CCO[C@@]2(CCOC2)C1. The second-order valence-electron chi connectivity index (χ2n) is 6.54. The van der Waals surface area contributed by atoms with E-state index < -0.39 is 0 Å². The van der Waals surface area contributed by atoms with Crippen molar-refractivity contribution >= 4 is 6.03 Å². The van der Waals surface area contributed by atoms with Crippen molar-refractivity contribution in [3.63, 3.8) is 0 Å². The van der Waals surface area contributed by atoms with E-state index in [-0.39, 0.29) is 24.5 Å². The molecule has 2 N–H and O–H groups in total. The van der Waals surface area contributed by atoms with E-state index in [1.165, 1.54) is 0 Å². The van der Waals surface area contributed by atoms with Crippen molar-refractivity contribution in [1.82, 2.24) is 10.6 Å². The fourth-order valence-electron chi connectivity index (χ4n) is 3.48. The van der Waals surface area contributed by atoms with Gasteiger partial charge in [0.2, 0.25) is 6.79 Å². The molecule has 3 heterocycles. The van der Waals surface area contributed by atoms with Gasteiger partial charge in [0.25, 0.3) is 0 Å². The van der Waals surface area contributed by atoms with E-state index in [9.17, 15) is 4.79 Å². The summed E-state index contributed by atoms with van der Waals surface area (Å²) >= 11 is 0. The lowest BCUT2D eigenvalue weighted by atomic mass is 9.90. The minimum absolute atomic E-state index is 0.122. The van der Waals surface area contributed by atoms with Gasteiger partial charge in [-0.3, -0.25) is 0 Å². The molecule has 24 heavy (non-hydrogen) atoms. The maximum atomic E-state index is 12.2. The van der Waals surface area contributed by atoms with Crippen molar-refractivity contribution in [3.8, 4) is 11.5 Å². The number of fused-ring (bicyclic) bond motifs is 1. The molecular weight excluding hydrogens is 312 g/mol. The Balaban J connectivity index is 1.27. The lowest BCUT2D eigenvalue weighted by Gasteiger charge is -2.37. The first kappa shape index (κ1) is 15.5. The van der Waals surface area contributed by atoms with Crippen molar-refractivity contribution in [2.45, 2.75) is 37.5 Å². The summed E-state index contributed by atoms with van der Waals surface area (Å²) in [5, 5.41) is 5.95. The van der Waals surface area contributed by atoms with Crippen LogP contribution >= 0.6 is 0 Å². The van der Waals surface area contributed by atoms with Crippen molar-refractivity contribution in [3.05, 3.63) is 23.8 Å². The van der Waals surface area contributed by atoms with Crippen LogP contribution < -0.4 is 20.1 Å². The van der Waals surface area contributed by atoms with Gasteiger partial charge < -0.3 is 29.6 Å². The molecule has 2 atom stereocenters. The predicted molar refractivity (Wildman–Crippen MR) is 85.1 cm³/mol. The number of benzene rings is 1. The Morgan fingerprint density at radius 3 is 3.04 bits per heavy atom. The number of hydrogen-bond acceptors (Lipinski definition) is 5. The maximum absolute atomic E-state index is 12.2. The standard InChI is InChI=1S/C17H22N2O5/c20-16(18-9-12-1-2-14-15(7-12)23-11-22-14)19-13-3-5-24-17(8-13)4-6-21-10-17/h1-2,7,13H,3-6,8-11H2,(H2,18,19,20)/t13-,17-/m0/s1. The van der Waals surface area contributed by atoms with Gasteiger partial charge in [-0.05, 0) is 30.5 Å². The number of amides is 2. The summed E-state index contributed by atoms with van der Waals surface area (Å²) in [6.45, 7) is 2.73. The lowest BCUT2D eigenvalue weighted by molar-refractivity contribution is -0.0878. The number of carbonyl (C=O) groups excluding carboxylic acids is 1. The first-order chi connectivity index (χ1) is 11.7. The summed E-state index contributed by atoms with van der Waals surface area (Å²) in [5.41, 5.74) is 0.773. The van der Waals surface area contributed by atoms with Crippen LogP contribution in [-0.2, 0) is 16.0 Å². The molecule has 1 aromatic rings. The van der Waals surface area contributed by atoms with Crippen LogP contribution in [0.15, 0.2) is 18.2 Å². The zero-order valence-corrected chi connectivity index (χ0v) is 13.5. The fraction of sp³-hybridized carbons (Fsp3) is 0.588. The molecule has 4 rings (SSSR count). The number of hydrogen-bond donors (Lipinski definition) is 2. The third-order valence-corrected chi connectivity index (χ3v) is 4.79. The molecule has 2 saturated heterocycles. The highest BCUT2D eigenvalue weighted by Gasteiger charge is 2.41. The fourth-order valence-corrected chi connectivity index (χ4v) is 3.48. The van der Waals surface area contributed by atoms with E-state index in [1.54, 1.807) is 0 Å². The molecule has 7 heteroatoms. The quantitative estimate of drug-likeness (QED) is 0.877. The smallest absolute Gasteiger partial charge is 0.315 e. The third-order valence-electron chi connectivity index (χ3n) is 4.79. The Morgan fingerprint density at radius 1 is 1.25 bits per heavy atom. The number of ether oxygens (including phenoxy) is 4. The molecule has 0 unspecified atom stereocenters. The summed E-state index contributed by atoms with van der Waals surface area (Å²) in [6.07, 6.45) is 2.55. The topological polar surface area (TPSA) is 78.1 Å². The van der Waals surface area contributed by atoms with Gasteiger partial charge in [0, 0.05) is 32.2 Å². The zero-order chi connectivity index (χ0) is 16.4. The van der Waals surface area contributed by atoms with Gasteiger partial charge in [-0.15, -0.1) is 0 Å². The molecule has 7 nitrogen and oxygen atoms in total. The third kappa shape index (κ3) is 3.27. The molecule has 1 aromatic carbocycles. The van der Waals surface area contributed by atoms with Gasteiger partial charge in [-0.1, -0.05) is 6.07 Å². The maximum Gasteiger partial charge on any atom is 0.315 e. The molecule has 130 valence electrons. The van der Waals surface area contributed by atoms with E-state index in [0.717, 1.165) is 42.9 Å². The first-order valence-electron chi connectivity index (χ1n) is 8.37. The van der Waals surface area contributed by atoms with E-state index in [4.69, 9.17) is 18.9 Å². The highest BCUT2D eigenvalue weighted by Crippen LogP contribution is 2.33. The summed E-state index contributed by atoms with van der Waals surface area (Å²) < 4.78 is 22.0. The van der Waals surface area contributed by atoms with Crippen LogP contribution in [0.2, 0.25) is 0 Å². The van der Waals surface area contributed by atoms with E-state index in [0.29, 0.717) is 19.8 Å². The molecule has 2 fully saturated rings. The number of rotatable bonds is 3. The van der Waals surface area contributed by atoms with Gasteiger partial charge in [-0.25, -0.2) is 4.79 Å². The van der Waals surface area contributed by atoms with Crippen LogP contribution in [0.1, 0.15) is 24.8 Å². The second kappa shape index (κ2) is 6.49. The Kier molecular flexibility index (Phi) is 4.20. The van der Waals surface area contributed by atoms with E-state index in [1.807, 2.05) is 18.2 Å². The molecule has 3 aliphatic heterocycles. The summed E-state index contributed by atoms with van der Waals surface area (Å²) in [7, 11) is 0. The number of nitrogens with one attached hydrogen (secondary N) is 2. The molecule has 1 spiro atoms. The molecule has 0 saturated carbocycles. The molecular formula is C17H22N2O5. The second-order valence-corrected chi connectivity index (χ2v) is 6.54. The first-order valence-corrected chi connectivity index (χ1v) is 8.37. The highest BCUT2D eigenvalue weighted by atomic mass is 16.7. The van der Waals surface area contributed by atoms with E-state index in [2.05, 4.69) is 10.6 Å². The Hall–Kier alpha value is -1.99. The molecule has 0 radical (unpaired) electrons. The van der Waals surface area contributed by atoms with Crippen LogP contribution in [0.4, 0.5) is 4.79 Å². The zero-order valence-electron chi connectivity index (χ0n) is 13.5. The average Bonchev–Trinajstić information content (AvgIpc) is 3.22. The number of carbonyl (C=O) groups is 1. The molecule has 0 bridgehead atoms. The normalized spacial score (nSPS) is 28.1. The van der Waals surface area contributed by atoms with Gasteiger partial charge in [0.05, 0.1) is 12.2 Å². The van der Waals surface area contributed by atoms with Crippen molar-refractivity contribution < 1.29 is 23.7 Å². The van der Waals surface area contributed by atoms with Gasteiger partial charge >= 0.3 is 6.03 Å². The van der Waals surface area contributed by atoms with Gasteiger partial charge in [0.15, 0.2) is 11.5 Å². The summed E-state index contributed by atoms with van der Waals surface area (Å²) in [5.74, 6) is 1.47. The minimum Gasteiger partial charge on any atom is -0.454 e. The number of urea groups is 1. The summed E-state index contributed by atoms with van der Waals surface area (Å²) in [6, 6.07) is 5.64. The van der Waals surface area contributed by atoms with Crippen LogP contribution in [-0.4, -0.2) is 44.3 Å². The minimum atomic E-state index is -0.201. The largest absolute Gasteiger partial charge is 0.454 e.